The maximum absolute atomic E-state index is 13.0. The zero-order valence-electron chi connectivity index (χ0n) is 21.8. The van der Waals surface area contributed by atoms with Crippen molar-refractivity contribution in [2.45, 2.75) is 77.5 Å². The highest BCUT2D eigenvalue weighted by molar-refractivity contribution is 7.09. The smallest absolute Gasteiger partial charge is 0.319 e. The lowest BCUT2D eigenvalue weighted by molar-refractivity contribution is 0.0911. The molecule has 4 rings (SSSR count). The first kappa shape index (κ1) is 26.7. The predicted molar refractivity (Wildman–Crippen MR) is 148 cm³/mol. The molecule has 0 bridgehead atoms. The Labute approximate surface area is 223 Å². The number of nitrogens with zero attached hydrogens (tertiary/aromatic N) is 1. The van der Waals surface area contributed by atoms with Gasteiger partial charge in [0.15, 0.2) is 0 Å². The monoisotopic (exact) mass is 520 g/mol. The van der Waals surface area contributed by atoms with Crippen LogP contribution in [0.2, 0.25) is 0 Å². The first-order valence-corrected chi connectivity index (χ1v) is 13.9. The van der Waals surface area contributed by atoms with Crippen molar-refractivity contribution in [1.82, 2.24) is 15.6 Å². The van der Waals surface area contributed by atoms with Gasteiger partial charge in [0, 0.05) is 17.1 Å². The summed E-state index contributed by atoms with van der Waals surface area (Å²) in [5.41, 5.74) is 3.57. The highest BCUT2D eigenvalue weighted by atomic mass is 32.1. The van der Waals surface area contributed by atoms with Crippen molar-refractivity contribution in [2.24, 2.45) is 0 Å². The first-order chi connectivity index (χ1) is 17.9. The molecule has 1 aromatic heterocycles. The fourth-order valence-electron chi connectivity index (χ4n) is 4.50. The van der Waals surface area contributed by atoms with Gasteiger partial charge in [-0.1, -0.05) is 57.9 Å². The average molecular weight is 521 g/mol. The van der Waals surface area contributed by atoms with Gasteiger partial charge in [0.2, 0.25) is 0 Å². The third-order valence-corrected chi connectivity index (χ3v) is 7.51. The molecule has 1 aliphatic carbocycles. The molecule has 2 unspecified atom stereocenters. The molecule has 3 aromatic rings. The summed E-state index contributed by atoms with van der Waals surface area (Å²) in [7, 11) is 0. The SMILES string of the molecule is CCc1cccc(NC(=O)NC2CCCCC2NC(=O)c2csc(COc3ccc(C(C)C)cc3)n2)c1. The van der Waals surface area contributed by atoms with Crippen molar-refractivity contribution in [3.8, 4) is 5.75 Å². The number of rotatable bonds is 9. The summed E-state index contributed by atoms with van der Waals surface area (Å²) in [6.07, 6.45) is 4.56. The van der Waals surface area contributed by atoms with E-state index in [0.717, 1.165) is 54.1 Å². The van der Waals surface area contributed by atoms with Crippen LogP contribution < -0.4 is 20.7 Å². The van der Waals surface area contributed by atoms with Crippen LogP contribution in [0.3, 0.4) is 0 Å². The van der Waals surface area contributed by atoms with Gasteiger partial charge in [-0.3, -0.25) is 4.79 Å². The molecule has 196 valence electrons. The van der Waals surface area contributed by atoms with Crippen LogP contribution in [-0.4, -0.2) is 29.0 Å². The van der Waals surface area contributed by atoms with Crippen LogP contribution in [0.1, 0.15) is 79.0 Å². The molecule has 1 aliphatic rings. The van der Waals surface area contributed by atoms with E-state index in [0.29, 0.717) is 18.2 Å². The number of nitrogens with one attached hydrogen (secondary N) is 3. The van der Waals surface area contributed by atoms with Crippen LogP contribution in [0.25, 0.3) is 0 Å². The van der Waals surface area contributed by atoms with Gasteiger partial charge in [0.25, 0.3) is 5.91 Å². The van der Waals surface area contributed by atoms with E-state index in [-0.39, 0.29) is 24.0 Å². The van der Waals surface area contributed by atoms with Crippen LogP contribution in [0.15, 0.2) is 53.9 Å². The molecule has 2 atom stereocenters. The molecule has 0 spiro atoms. The number of urea groups is 1. The predicted octanol–water partition coefficient (Wildman–Crippen LogP) is 6.27. The summed E-state index contributed by atoms with van der Waals surface area (Å²) >= 11 is 1.41. The maximum atomic E-state index is 13.0. The number of ether oxygens (including phenoxy) is 1. The molecule has 3 amide bonds. The van der Waals surface area contributed by atoms with Crippen molar-refractivity contribution in [1.29, 1.82) is 0 Å². The summed E-state index contributed by atoms with van der Waals surface area (Å²) in [5, 5.41) is 11.6. The van der Waals surface area contributed by atoms with Gasteiger partial charge in [-0.2, -0.15) is 0 Å². The van der Waals surface area contributed by atoms with Gasteiger partial charge < -0.3 is 20.7 Å². The molecule has 1 fully saturated rings. The molecule has 1 saturated carbocycles. The number of hydrogen-bond acceptors (Lipinski definition) is 5. The second kappa shape index (κ2) is 12.7. The van der Waals surface area contributed by atoms with Gasteiger partial charge in [-0.25, -0.2) is 9.78 Å². The third-order valence-electron chi connectivity index (χ3n) is 6.69. The molecule has 2 aromatic carbocycles. The summed E-state index contributed by atoms with van der Waals surface area (Å²) in [4.78, 5) is 30.1. The second-order valence-electron chi connectivity index (χ2n) is 9.76. The lowest BCUT2D eigenvalue weighted by atomic mass is 9.90. The van der Waals surface area contributed by atoms with Gasteiger partial charge in [-0.05, 0) is 60.6 Å². The summed E-state index contributed by atoms with van der Waals surface area (Å²) < 4.78 is 5.86. The van der Waals surface area contributed by atoms with Crippen molar-refractivity contribution < 1.29 is 14.3 Å². The minimum atomic E-state index is -0.256. The van der Waals surface area contributed by atoms with Crippen molar-refractivity contribution >= 4 is 29.0 Å². The van der Waals surface area contributed by atoms with E-state index in [4.69, 9.17) is 4.74 Å². The van der Waals surface area contributed by atoms with Crippen molar-refractivity contribution in [3.63, 3.8) is 0 Å². The molecular formula is C29H36N4O3S. The van der Waals surface area contributed by atoms with Crippen LogP contribution in [-0.2, 0) is 13.0 Å². The largest absolute Gasteiger partial charge is 0.486 e. The Kier molecular flexibility index (Phi) is 9.17. The van der Waals surface area contributed by atoms with Gasteiger partial charge in [-0.15, -0.1) is 11.3 Å². The third kappa shape index (κ3) is 7.55. The summed E-state index contributed by atoms with van der Waals surface area (Å²) in [6.45, 7) is 6.71. The van der Waals surface area contributed by atoms with Gasteiger partial charge in [0.1, 0.15) is 23.1 Å². The van der Waals surface area contributed by atoms with E-state index in [1.54, 1.807) is 5.38 Å². The fraction of sp³-hybridized carbons (Fsp3) is 0.414. The van der Waals surface area contributed by atoms with E-state index >= 15 is 0 Å². The Morgan fingerprint density at radius 3 is 2.49 bits per heavy atom. The fourth-order valence-corrected chi connectivity index (χ4v) is 5.18. The minimum Gasteiger partial charge on any atom is -0.486 e. The molecule has 0 saturated heterocycles. The van der Waals surface area contributed by atoms with Crippen molar-refractivity contribution in [3.05, 3.63) is 75.7 Å². The number of benzene rings is 2. The zero-order valence-corrected chi connectivity index (χ0v) is 22.6. The van der Waals surface area contributed by atoms with Gasteiger partial charge in [0.05, 0.1) is 6.04 Å². The second-order valence-corrected chi connectivity index (χ2v) is 10.7. The van der Waals surface area contributed by atoms with E-state index in [1.807, 2.05) is 36.4 Å². The van der Waals surface area contributed by atoms with Crippen LogP contribution >= 0.6 is 11.3 Å². The normalized spacial score (nSPS) is 17.3. The standard InChI is InChI=1S/C29H36N4O3S/c1-4-20-8-7-9-22(16-20)30-29(35)33-25-11-6-5-10-24(25)32-28(34)26-18-37-27(31-26)17-36-23-14-12-21(13-15-23)19(2)3/h7-9,12-16,18-19,24-25H,4-6,10-11,17H2,1-3H3,(H,32,34)(H2,30,33,35). The Balaban J connectivity index is 1.29. The molecular weight excluding hydrogens is 484 g/mol. The average Bonchev–Trinajstić information content (AvgIpc) is 3.38. The molecule has 1 heterocycles. The summed E-state index contributed by atoms with van der Waals surface area (Å²) in [6, 6.07) is 15.4. The topological polar surface area (TPSA) is 92.4 Å². The number of anilines is 1. The highest BCUT2D eigenvalue weighted by Crippen LogP contribution is 2.22. The number of carbonyl (C=O) groups is 2. The number of amides is 3. The summed E-state index contributed by atoms with van der Waals surface area (Å²) in [5.74, 6) is 1.03. The zero-order chi connectivity index (χ0) is 26.2. The quantitative estimate of drug-likeness (QED) is 0.310. The Bertz CT molecular complexity index is 1190. The molecule has 8 heteroatoms. The molecule has 7 nitrogen and oxygen atoms in total. The molecule has 0 radical (unpaired) electrons. The lowest BCUT2D eigenvalue weighted by Gasteiger charge is -2.32. The minimum absolute atomic E-state index is 0.137. The number of aryl methyl sites for hydroxylation is 1. The molecule has 0 aliphatic heterocycles. The number of carbonyl (C=O) groups excluding carboxylic acids is 2. The number of aromatic nitrogens is 1. The van der Waals surface area contributed by atoms with Gasteiger partial charge >= 0.3 is 6.03 Å². The van der Waals surface area contributed by atoms with E-state index in [2.05, 4.69) is 53.8 Å². The Hall–Kier alpha value is -3.39. The molecule has 3 N–H and O–H groups in total. The maximum Gasteiger partial charge on any atom is 0.319 e. The van der Waals surface area contributed by atoms with Crippen LogP contribution in [0.5, 0.6) is 5.75 Å². The van der Waals surface area contributed by atoms with Crippen molar-refractivity contribution in [2.75, 3.05) is 5.32 Å². The number of thiazole rings is 1. The van der Waals surface area contributed by atoms with E-state index in [1.165, 1.54) is 16.9 Å². The lowest BCUT2D eigenvalue weighted by Crippen LogP contribution is -2.54. The van der Waals surface area contributed by atoms with E-state index < -0.39 is 0 Å². The van der Waals surface area contributed by atoms with Crippen LogP contribution in [0, 0.1) is 0 Å². The molecule has 37 heavy (non-hydrogen) atoms. The Morgan fingerprint density at radius 1 is 1.05 bits per heavy atom. The van der Waals surface area contributed by atoms with E-state index in [9.17, 15) is 9.59 Å². The Morgan fingerprint density at radius 2 is 1.78 bits per heavy atom. The first-order valence-electron chi connectivity index (χ1n) is 13.1. The van der Waals surface area contributed by atoms with Crippen LogP contribution in [0.4, 0.5) is 10.5 Å². The highest BCUT2D eigenvalue weighted by Gasteiger charge is 2.28. The number of hydrogen-bond donors (Lipinski definition) is 3.